The summed E-state index contributed by atoms with van der Waals surface area (Å²) in [6.07, 6.45) is 2.91. The third-order valence-corrected chi connectivity index (χ3v) is 6.83. The first-order valence-corrected chi connectivity index (χ1v) is 10.5. The van der Waals surface area contributed by atoms with Crippen molar-refractivity contribution in [3.63, 3.8) is 0 Å². The zero-order chi connectivity index (χ0) is 19.1. The van der Waals surface area contributed by atoms with Crippen LogP contribution in [0.25, 0.3) is 11.1 Å². The summed E-state index contributed by atoms with van der Waals surface area (Å²) in [5.41, 5.74) is 4.66. The van der Waals surface area contributed by atoms with E-state index in [1.165, 1.54) is 17.4 Å². The van der Waals surface area contributed by atoms with Crippen LogP contribution in [0.15, 0.2) is 41.7 Å². The van der Waals surface area contributed by atoms with Gasteiger partial charge in [-0.1, -0.05) is 18.2 Å². The number of rotatable bonds is 3. The average molecular weight is 419 g/mol. The molecule has 0 saturated heterocycles. The minimum Gasteiger partial charge on any atom is -0.333 e. The second kappa shape index (κ2) is 7.19. The number of carbonyl (C=O) groups excluding carboxylic acids is 1. The fraction of sp³-hybridized carbons (Fsp3) is 0.200. The van der Waals surface area contributed by atoms with Crippen LogP contribution in [-0.2, 0) is 11.3 Å². The van der Waals surface area contributed by atoms with Crippen molar-refractivity contribution in [1.82, 2.24) is 9.88 Å². The second-order valence-corrected chi connectivity index (χ2v) is 8.99. The van der Waals surface area contributed by atoms with Gasteiger partial charge in [-0.3, -0.25) is 4.79 Å². The molecule has 0 fully saturated rings. The lowest BCUT2D eigenvalue weighted by Gasteiger charge is -2.32. The van der Waals surface area contributed by atoms with Crippen LogP contribution in [0.2, 0.25) is 4.34 Å². The number of fused-ring (bicyclic) bond motifs is 1. The van der Waals surface area contributed by atoms with Crippen LogP contribution >= 0.6 is 34.3 Å². The first kappa shape index (κ1) is 18.3. The molecule has 27 heavy (non-hydrogen) atoms. The number of aromatic nitrogens is 1. The molecule has 0 aliphatic carbocycles. The van der Waals surface area contributed by atoms with Crippen molar-refractivity contribution in [2.24, 2.45) is 0 Å². The van der Waals surface area contributed by atoms with Gasteiger partial charge in [0.05, 0.1) is 10.9 Å². The number of nitrogens with zero attached hydrogens (tertiary/aromatic N) is 2. The van der Waals surface area contributed by atoms with E-state index in [1.54, 1.807) is 29.4 Å². The van der Waals surface area contributed by atoms with Crippen LogP contribution in [0, 0.1) is 12.9 Å². The van der Waals surface area contributed by atoms with Gasteiger partial charge in [0.25, 0.3) is 0 Å². The van der Waals surface area contributed by atoms with Crippen LogP contribution in [0.3, 0.4) is 0 Å². The number of hydrogen-bond acceptors (Lipinski definition) is 4. The van der Waals surface area contributed by atoms with Gasteiger partial charge in [0.1, 0.15) is 0 Å². The molecule has 0 N–H and O–H groups in total. The van der Waals surface area contributed by atoms with Gasteiger partial charge in [0.2, 0.25) is 11.9 Å². The van der Waals surface area contributed by atoms with Crippen molar-refractivity contribution in [3.8, 4) is 11.1 Å². The van der Waals surface area contributed by atoms with Gasteiger partial charge in [-0.05, 0) is 52.6 Å². The van der Waals surface area contributed by atoms with E-state index in [0.29, 0.717) is 23.0 Å². The van der Waals surface area contributed by atoms with Crippen LogP contribution in [0.5, 0.6) is 0 Å². The maximum atomic E-state index is 13.6. The Labute approximate surface area is 169 Å². The van der Waals surface area contributed by atoms with Gasteiger partial charge in [-0.25, -0.2) is 4.98 Å². The van der Waals surface area contributed by atoms with Crippen molar-refractivity contribution in [1.29, 1.82) is 0 Å². The molecule has 1 aliphatic rings. The Kier molecular flexibility index (Phi) is 4.88. The fourth-order valence-electron chi connectivity index (χ4n) is 3.46. The zero-order valence-electron chi connectivity index (χ0n) is 14.5. The van der Waals surface area contributed by atoms with E-state index < -0.39 is 5.95 Å². The van der Waals surface area contributed by atoms with Gasteiger partial charge in [0, 0.05) is 34.7 Å². The van der Waals surface area contributed by atoms with Crippen LogP contribution in [0.1, 0.15) is 27.5 Å². The highest BCUT2D eigenvalue weighted by Gasteiger charge is 2.32. The number of aryl methyl sites for hydroxylation is 1. The van der Waals surface area contributed by atoms with E-state index in [2.05, 4.69) is 16.9 Å². The summed E-state index contributed by atoms with van der Waals surface area (Å²) >= 11 is 9.37. The quantitative estimate of drug-likeness (QED) is 0.407. The average Bonchev–Trinajstić information content (AvgIpc) is 3.28. The van der Waals surface area contributed by atoms with Gasteiger partial charge in [0.15, 0.2) is 0 Å². The van der Waals surface area contributed by atoms with Crippen LogP contribution in [0.4, 0.5) is 4.39 Å². The summed E-state index contributed by atoms with van der Waals surface area (Å²) in [7, 11) is 0. The fourth-order valence-corrected chi connectivity index (χ4v) is 5.74. The van der Waals surface area contributed by atoms with Crippen molar-refractivity contribution >= 4 is 40.2 Å². The van der Waals surface area contributed by atoms with Gasteiger partial charge < -0.3 is 4.90 Å². The van der Waals surface area contributed by atoms with E-state index in [9.17, 15) is 9.18 Å². The molecular weight excluding hydrogens is 403 g/mol. The molecule has 3 nitrogen and oxygen atoms in total. The molecule has 4 heterocycles. The Morgan fingerprint density at radius 1 is 1.41 bits per heavy atom. The summed E-state index contributed by atoms with van der Waals surface area (Å²) < 4.78 is 14.3. The van der Waals surface area contributed by atoms with Gasteiger partial charge in [-0.15, -0.1) is 11.3 Å². The highest BCUT2D eigenvalue weighted by Crippen LogP contribution is 2.44. The Balaban J connectivity index is 1.81. The predicted octanol–water partition coefficient (Wildman–Crippen LogP) is 5.63. The Bertz CT molecular complexity index is 1040. The third-order valence-electron chi connectivity index (χ3n) is 4.80. The molecule has 0 radical (unpaired) electrons. The lowest BCUT2D eigenvalue weighted by atomic mass is 9.86. The molecule has 4 rings (SSSR count). The molecule has 3 aromatic heterocycles. The molecule has 7 heteroatoms. The molecule has 138 valence electrons. The minimum absolute atomic E-state index is 0.00742. The monoisotopic (exact) mass is 418 g/mol. The normalized spacial score (nSPS) is 16.3. The summed E-state index contributed by atoms with van der Waals surface area (Å²) in [6.45, 7) is 6.42. The van der Waals surface area contributed by atoms with Crippen molar-refractivity contribution in [3.05, 3.63) is 73.6 Å². The number of amides is 1. The first-order chi connectivity index (χ1) is 13.0. The van der Waals surface area contributed by atoms with Crippen molar-refractivity contribution < 1.29 is 9.18 Å². The molecule has 1 atom stereocenters. The maximum Gasteiger partial charge on any atom is 0.246 e. The number of pyridine rings is 1. The number of thiophene rings is 2. The lowest BCUT2D eigenvalue weighted by molar-refractivity contribution is -0.127. The Morgan fingerprint density at radius 2 is 2.22 bits per heavy atom. The number of carbonyl (C=O) groups is 1. The molecule has 0 bridgehead atoms. The van der Waals surface area contributed by atoms with Crippen molar-refractivity contribution in [2.45, 2.75) is 19.4 Å². The third kappa shape index (κ3) is 3.33. The standard InChI is InChI=1S/C20H16ClFN2OS2/c1-3-19(25)24-7-14(13-5-18(21)27-17(13)8-24)16-10-26-9-15(16)12-4-11(2)20(22)23-6-12/h3-6,9-10,14H,1,7-8H2,2H3/t14-/m1/s1. The van der Waals surface area contributed by atoms with Crippen molar-refractivity contribution in [2.75, 3.05) is 6.54 Å². The first-order valence-electron chi connectivity index (χ1n) is 8.36. The van der Waals surface area contributed by atoms with E-state index >= 15 is 0 Å². The predicted molar refractivity (Wildman–Crippen MR) is 109 cm³/mol. The highest BCUT2D eigenvalue weighted by atomic mass is 35.5. The largest absolute Gasteiger partial charge is 0.333 e. The van der Waals surface area contributed by atoms with Gasteiger partial charge >= 0.3 is 0 Å². The van der Waals surface area contributed by atoms with Crippen LogP contribution in [-0.4, -0.2) is 22.3 Å². The molecule has 0 aromatic carbocycles. The molecule has 1 amide bonds. The SMILES string of the molecule is C=CC(=O)N1Cc2sc(Cl)cc2[C@H](c2cscc2-c2cnc(F)c(C)c2)C1. The van der Waals surface area contributed by atoms with Gasteiger partial charge in [-0.2, -0.15) is 15.7 Å². The van der Waals surface area contributed by atoms with E-state index in [1.807, 2.05) is 17.5 Å². The lowest BCUT2D eigenvalue weighted by Crippen LogP contribution is -2.36. The minimum atomic E-state index is -0.456. The topological polar surface area (TPSA) is 33.2 Å². The summed E-state index contributed by atoms with van der Waals surface area (Å²) in [5.74, 6) is -0.540. The molecule has 0 unspecified atom stereocenters. The van der Waals surface area contributed by atoms with Crippen LogP contribution < -0.4 is 0 Å². The molecule has 3 aromatic rings. The molecule has 0 spiro atoms. The highest BCUT2D eigenvalue weighted by molar-refractivity contribution is 7.16. The van der Waals surface area contributed by atoms with E-state index in [0.717, 1.165) is 27.1 Å². The summed E-state index contributed by atoms with van der Waals surface area (Å²) in [6, 6.07) is 3.81. The molecule has 1 aliphatic heterocycles. The smallest absolute Gasteiger partial charge is 0.246 e. The maximum absolute atomic E-state index is 13.6. The number of halogens is 2. The van der Waals surface area contributed by atoms with E-state index in [-0.39, 0.29) is 11.8 Å². The Hall–Kier alpha value is -2.02. The summed E-state index contributed by atoms with van der Waals surface area (Å²) in [4.78, 5) is 19.0. The molecular formula is C20H16ClFN2OS2. The second-order valence-electron chi connectivity index (χ2n) is 6.48. The van der Waals surface area contributed by atoms with E-state index in [4.69, 9.17) is 11.6 Å². The number of hydrogen-bond donors (Lipinski definition) is 0. The molecule has 0 saturated carbocycles. The summed E-state index contributed by atoms with van der Waals surface area (Å²) in [5, 5.41) is 4.14. The zero-order valence-corrected chi connectivity index (χ0v) is 16.9. The Morgan fingerprint density at radius 3 is 2.96 bits per heavy atom.